The minimum atomic E-state index is -0.588. The van der Waals surface area contributed by atoms with Crippen LogP contribution in [-0.4, -0.2) is 18.9 Å². The molecule has 0 saturated heterocycles. The monoisotopic (exact) mass is 598 g/mol. The van der Waals surface area contributed by atoms with Crippen molar-refractivity contribution >= 4 is 73.7 Å². The molecule has 0 N–H and O–H groups in total. The quantitative estimate of drug-likeness (QED) is 0.216. The van der Waals surface area contributed by atoms with Crippen LogP contribution in [0.2, 0.25) is 0 Å². The molecular weight excluding hydrogens is 585 g/mol. The summed E-state index contributed by atoms with van der Waals surface area (Å²) in [5.74, 6) is -0.362. The topological polar surface area (TPSA) is 35.5 Å². The highest BCUT2D eigenvalue weighted by Crippen LogP contribution is 2.23. The second-order valence-electron chi connectivity index (χ2n) is 3.99. The third kappa shape index (κ3) is 5.84. The van der Waals surface area contributed by atoms with Crippen molar-refractivity contribution in [3.63, 3.8) is 0 Å². The SMILES string of the molecule is C=C(C)COC(C)OC(=O)c1c(I)cc(I)cc1I. The summed E-state index contributed by atoms with van der Waals surface area (Å²) in [5.41, 5.74) is 1.48. The normalized spacial score (nSPS) is 12.1. The van der Waals surface area contributed by atoms with E-state index in [0.29, 0.717) is 12.2 Å². The molecule has 0 fully saturated rings. The minimum absolute atomic E-state index is 0.362. The molecule has 0 aromatic heterocycles. The Kier molecular flexibility index (Phi) is 7.54. The van der Waals surface area contributed by atoms with Crippen LogP contribution >= 0.6 is 67.8 Å². The molecule has 1 atom stereocenters. The second-order valence-corrected chi connectivity index (χ2v) is 7.56. The fourth-order valence-electron chi connectivity index (χ4n) is 1.24. The fraction of sp³-hybridized carbons (Fsp3) is 0.308. The van der Waals surface area contributed by atoms with Crippen molar-refractivity contribution in [2.45, 2.75) is 20.1 Å². The summed E-state index contributed by atoms with van der Waals surface area (Å²) in [6, 6.07) is 3.89. The van der Waals surface area contributed by atoms with E-state index in [2.05, 4.69) is 74.4 Å². The molecule has 0 aliphatic rings. The number of carbonyl (C=O) groups excluding carboxylic acids is 1. The Bertz CT molecular complexity index is 477. The molecule has 0 amide bonds. The summed E-state index contributed by atoms with van der Waals surface area (Å²) in [4.78, 5) is 12.1. The molecule has 0 heterocycles. The van der Waals surface area contributed by atoms with Gasteiger partial charge >= 0.3 is 5.97 Å². The van der Waals surface area contributed by atoms with Gasteiger partial charge in [0.25, 0.3) is 0 Å². The van der Waals surface area contributed by atoms with Crippen molar-refractivity contribution in [1.82, 2.24) is 0 Å². The maximum Gasteiger partial charge on any atom is 0.342 e. The summed E-state index contributed by atoms with van der Waals surface area (Å²) in [5, 5.41) is 0. The van der Waals surface area contributed by atoms with Gasteiger partial charge in [-0.15, -0.1) is 0 Å². The van der Waals surface area contributed by atoms with E-state index >= 15 is 0 Å². The lowest BCUT2D eigenvalue weighted by Crippen LogP contribution is -2.20. The Balaban J connectivity index is 2.76. The van der Waals surface area contributed by atoms with Gasteiger partial charge in [0.15, 0.2) is 0 Å². The molecule has 0 saturated carbocycles. The van der Waals surface area contributed by atoms with Crippen molar-refractivity contribution in [2.24, 2.45) is 0 Å². The van der Waals surface area contributed by atoms with E-state index in [1.165, 1.54) is 0 Å². The van der Waals surface area contributed by atoms with E-state index in [4.69, 9.17) is 9.47 Å². The van der Waals surface area contributed by atoms with Crippen LogP contribution in [0.1, 0.15) is 24.2 Å². The first-order chi connectivity index (χ1) is 8.81. The maximum atomic E-state index is 12.1. The highest BCUT2D eigenvalue weighted by Gasteiger charge is 2.19. The van der Waals surface area contributed by atoms with E-state index in [-0.39, 0.29) is 5.97 Å². The molecule has 0 radical (unpaired) electrons. The summed E-state index contributed by atoms with van der Waals surface area (Å²) in [7, 11) is 0. The van der Waals surface area contributed by atoms with Crippen LogP contribution in [0.25, 0.3) is 0 Å². The maximum absolute atomic E-state index is 12.1. The number of benzene rings is 1. The van der Waals surface area contributed by atoms with E-state index in [0.717, 1.165) is 16.3 Å². The van der Waals surface area contributed by atoms with Gasteiger partial charge in [-0.25, -0.2) is 4.79 Å². The zero-order valence-electron chi connectivity index (χ0n) is 10.5. The number of esters is 1. The fourth-order valence-corrected chi connectivity index (χ4v) is 5.26. The Hall–Kier alpha value is 0.580. The number of ether oxygens (including phenoxy) is 2. The molecule has 0 aliphatic carbocycles. The van der Waals surface area contributed by atoms with Crippen molar-refractivity contribution in [3.8, 4) is 0 Å². The van der Waals surface area contributed by atoms with E-state index in [1.807, 2.05) is 19.1 Å². The van der Waals surface area contributed by atoms with Crippen molar-refractivity contribution in [3.05, 3.63) is 40.6 Å². The summed E-state index contributed by atoms with van der Waals surface area (Å²) in [6.45, 7) is 7.68. The Morgan fingerprint density at radius 3 is 2.32 bits per heavy atom. The second kappa shape index (κ2) is 8.13. The van der Waals surface area contributed by atoms with Gasteiger partial charge in [-0.1, -0.05) is 12.2 Å². The molecule has 1 aromatic rings. The van der Waals surface area contributed by atoms with Crippen LogP contribution in [0.15, 0.2) is 24.3 Å². The molecule has 104 valence electrons. The predicted molar refractivity (Wildman–Crippen MR) is 100 cm³/mol. The van der Waals surface area contributed by atoms with Crippen LogP contribution in [0.3, 0.4) is 0 Å². The molecule has 6 heteroatoms. The third-order valence-electron chi connectivity index (χ3n) is 2.05. The van der Waals surface area contributed by atoms with Gasteiger partial charge in [0.2, 0.25) is 6.29 Å². The summed E-state index contributed by atoms with van der Waals surface area (Å²) >= 11 is 6.50. The van der Waals surface area contributed by atoms with E-state index < -0.39 is 6.29 Å². The smallest absolute Gasteiger partial charge is 0.342 e. The van der Waals surface area contributed by atoms with E-state index in [9.17, 15) is 4.79 Å². The Labute approximate surface area is 153 Å². The first-order valence-electron chi connectivity index (χ1n) is 5.42. The largest absolute Gasteiger partial charge is 0.432 e. The van der Waals surface area contributed by atoms with E-state index in [1.54, 1.807) is 6.92 Å². The lowest BCUT2D eigenvalue weighted by molar-refractivity contribution is -0.0911. The van der Waals surface area contributed by atoms with Crippen LogP contribution < -0.4 is 0 Å². The zero-order chi connectivity index (χ0) is 14.6. The van der Waals surface area contributed by atoms with Crippen molar-refractivity contribution in [1.29, 1.82) is 0 Å². The molecule has 0 aliphatic heterocycles. The van der Waals surface area contributed by atoms with Gasteiger partial charge in [0.1, 0.15) is 0 Å². The molecule has 1 aromatic carbocycles. The lowest BCUT2D eigenvalue weighted by atomic mass is 10.2. The van der Waals surface area contributed by atoms with Crippen molar-refractivity contribution < 1.29 is 14.3 Å². The van der Waals surface area contributed by atoms with Gasteiger partial charge in [0, 0.05) is 10.7 Å². The average Bonchev–Trinajstić information content (AvgIpc) is 2.24. The van der Waals surface area contributed by atoms with Gasteiger partial charge < -0.3 is 9.47 Å². The highest BCUT2D eigenvalue weighted by molar-refractivity contribution is 14.1. The van der Waals surface area contributed by atoms with Crippen LogP contribution in [0.4, 0.5) is 0 Å². The number of hydrogen-bond acceptors (Lipinski definition) is 3. The zero-order valence-corrected chi connectivity index (χ0v) is 17.0. The molecule has 1 unspecified atom stereocenters. The molecule has 0 spiro atoms. The molecule has 19 heavy (non-hydrogen) atoms. The molecule has 3 nitrogen and oxygen atoms in total. The number of halogens is 3. The van der Waals surface area contributed by atoms with Gasteiger partial charge in [-0.3, -0.25) is 0 Å². The Morgan fingerprint density at radius 1 is 1.32 bits per heavy atom. The van der Waals surface area contributed by atoms with Crippen LogP contribution in [0.5, 0.6) is 0 Å². The van der Waals surface area contributed by atoms with Crippen molar-refractivity contribution in [2.75, 3.05) is 6.61 Å². The minimum Gasteiger partial charge on any atom is -0.432 e. The molecule has 1 rings (SSSR count). The first kappa shape index (κ1) is 17.6. The molecular formula is C13H13I3O3. The number of hydrogen-bond donors (Lipinski definition) is 0. The Morgan fingerprint density at radius 2 is 1.84 bits per heavy atom. The highest BCUT2D eigenvalue weighted by atomic mass is 127. The van der Waals surface area contributed by atoms with Gasteiger partial charge in [-0.2, -0.15) is 0 Å². The molecule has 0 bridgehead atoms. The van der Waals surface area contributed by atoms with Crippen LogP contribution in [0, 0.1) is 10.7 Å². The standard InChI is InChI=1S/C13H13I3O3/c1-7(2)6-18-8(3)19-13(17)12-10(15)4-9(14)5-11(12)16/h4-5,8H,1,6H2,2-3H3. The predicted octanol–water partition coefficient (Wildman–Crippen LogP) is 4.60. The summed E-state index contributed by atoms with van der Waals surface area (Å²) < 4.78 is 13.5. The average molecular weight is 598 g/mol. The third-order valence-corrected chi connectivity index (χ3v) is 4.37. The summed E-state index contributed by atoms with van der Waals surface area (Å²) in [6.07, 6.45) is -0.588. The number of carbonyl (C=O) groups is 1. The van der Waals surface area contributed by atoms with Gasteiger partial charge in [0.05, 0.1) is 12.2 Å². The lowest BCUT2D eigenvalue weighted by Gasteiger charge is -2.15. The van der Waals surface area contributed by atoms with Crippen LogP contribution in [-0.2, 0) is 9.47 Å². The number of rotatable bonds is 5. The van der Waals surface area contributed by atoms with Gasteiger partial charge in [-0.05, 0) is 93.8 Å². The first-order valence-corrected chi connectivity index (χ1v) is 8.66.